The Morgan fingerprint density at radius 2 is 2.07 bits per heavy atom. The van der Waals surface area contributed by atoms with Crippen LogP contribution >= 0.6 is 15.9 Å². The molecule has 0 N–H and O–H groups in total. The number of aromatic nitrogens is 2. The number of nitrogens with zero attached hydrogens (tertiary/aromatic N) is 3. The first kappa shape index (κ1) is 9.54. The number of rotatable bonds is 1. The summed E-state index contributed by atoms with van der Waals surface area (Å²) < 4.78 is 6.75. The van der Waals surface area contributed by atoms with Crippen molar-refractivity contribution in [1.82, 2.24) is 9.97 Å². The SMILES string of the molecule is Brc1cncnc1N1CC2CCC(C1)O2. The molecule has 1 aromatic heterocycles. The molecule has 15 heavy (non-hydrogen) atoms. The van der Waals surface area contributed by atoms with Gasteiger partial charge in [-0.1, -0.05) is 0 Å². The standard InChI is InChI=1S/C10H12BrN3O/c11-9-3-12-6-13-10(9)14-4-7-1-2-8(5-14)15-7/h3,6-8H,1-2,4-5H2. The first-order chi connectivity index (χ1) is 7.33. The largest absolute Gasteiger partial charge is 0.371 e. The van der Waals surface area contributed by atoms with Gasteiger partial charge in [0.1, 0.15) is 12.1 Å². The van der Waals surface area contributed by atoms with Crippen LogP contribution in [-0.2, 0) is 4.74 Å². The molecule has 5 heteroatoms. The highest BCUT2D eigenvalue weighted by molar-refractivity contribution is 9.10. The van der Waals surface area contributed by atoms with Gasteiger partial charge in [0, 0.05) is 19.3 Å². The average Bonchev–Trinajstić information content (AvgIpc) is 2.58. The van der Waals surface area contributed by atoms with Crippen LogP contribution in [0, 0.1) is 0 Å². The molecular weight excluding hydrogens is 258 g/mol. The van der Waals surface area contributed by atoms with Gasteiger partial charge >= 0.3 is 0 Å². The Balaban J connectivity index is 1.86. The molecule has 2 bridgehead atoms. The van der Waals surface area contributed by atoms with Gasteiger partial charge in [-0.2, -0.15) is 0 Å². The number of halogens is 1. The van der Waals surface area contributed by atoms with Crippen molar-refractivity contribution in [3.8, 4) is 0 Å². The Labute approximate surface area is 96.8 Å². The van der Waals surface area contributed by atoms with Crippen molar-refractivity contribution in [1.29, 1.82) is 0 Å². The summed E-state index contributed by atoms with van der Waals surface area (Å²) in [6.07, 6.45) is 6.54. The van der Waals surface area contributed by atoms with Crippen LogP contribution in [0.25, 0.3) is 0 Å². The van der Waals surface area contributed by atoms with Crippen LogP contribution in [0.1, 0.15) is 12.8 Å². The summed E-state index contributed by atoms with van der Waals surface area (Å²) in [5.41, 5.74) is 0. The molecule has 2 unspecified atom stereocenters. The molecule has 0 aromatic carbocycles. The number of hydrogen-bond donors (Lipinski definition) is 0. The number of fused-ring (bicyclic) bond motifs is 2. The lowest BCUT2D eigenvalue weighted by molar-refractivity contribution is 0.0301. The lowest BCUT2D eigenvalue weighted by Crippen LogP contribution is -2.43. The van der Waals surface area contributed by atoms with E-state index in [-0.39, 0.29) is 0 Å². The van der Waals surface area contributed by atoms with Crippen molar-refractivity contribution in [3.05, 3.63) is 17.0 Å². The van der Waals surface area contributed by atoms with Gasteiger partial charge in [-0.05, 0) is 28.8 Å². The highest BCUT2D eigenvalue weighted by Gasteiger charge is 2.34. The molecule has 2 saturated heterocycles. The zero-order valence-electron chi connectivity index (χ0n) is 8.27. The molecule has 0 amide bonds. The van der Waals surface area contributed by atoms with E-state index >= 15 is 0 Å². The topological polar surface area (TPSA) is 38.2 Å². The summed E-state index contributed by atoms with van der Waals surface area (Å²) in [5, 5.41) is 0. The molecular formula is C10H12BrN3O. The average molecular weight is 270 g/mol. The summed E-state index contributed by atoms with van der Waals surface area (Å²) in [5.74, 6) is 0.991. The highest BCUT2D eigenvalue weighted by Crippen LogP contribution is 2.31. The molecule has 0 aliphatic carbocycles. The molecule has 0 spiro atoms. The summed E-state index contributed by atoms with van der Waals surface area (Å²) in [6.45, 7) is 1.90. The van der Waals surface area contributed by atoms with Crippen molar-refractivity contribution in [2.45, 2.75) is 25.0 Å². The normalized spacial score (nSPS) is 29.5. The van der Waals surface area contributed by atoms with Gasteiger partial charge in [-0.3, -0.25) is 0 Å². The zero-order chi connectivity index (χ0) is 10.3. The molecule has 2 aliphatic heterocycles. The molecule has 3 heterocycles. The van der Waals surface area contributed by atoms with Crippen LogP contribution in [0.5, 0.6) is 0 Å². The molecule has 0 radical (unpaired) electrons. The van der Waals surface area contributed by atoms with Gasteiger partial charge in [0.2, 0.25) is 0 Å². The second kappa shape index (κ2) is 3.72. The van der Waals surface area contributed by atoms with Gasteiger partial charge in [-0.25, -0.2) is 9.97 Å². The lowest BCUT2D eigenvalue weighted by Gasteiger charge is -2.33. The lowest BCUT2D eigenvalue weighted by atomic mass is 10.2. The van der Waals surface area contributed by atoms with Gasteiger partial charge in [-0.15, -0.1) is 0 Å². The van der Waals surface area contributed by atoms with Gasteiger partial charge in [0.05, 0.1) is 16.7 Å². The quantitative estimate of drug-likeness (QED) is 0.777. The van der Waals surface area contributed by atoms with E-state index in [1.54, 1.807) is 12.5 Å². The van der Waals surface area contributed by atoms with E-state index in [0.717, 1.165) is 23.4 Å². The van der Waals surface area contributed by atoms with Crippen molar-refractivity contribution in [3.63, 3.8) is 0 Å². The monoisotopic (exact) mass is 269 g/mol. The maximum atomic E-state index is 5.79. The van der Waals surface area contributed by atoms with E-state index in [2.05, 4.69) is 30.8 Å². The number of ether oxygens (including phenoxy) is 1. The van der Waals surface area contributed by atoms with Crippen molar-refractivity contribution in [2.24, 2.45) is 0 Å². The van der Waals surface area contributed by atoms with Crippen LogP contribution in [0.15, 0.2) is 17.0 Å². The van der Waals surface area contributed by atoms with E-state index in [1.807, 2.05) is 0 Å². The first-order valence-corrected chi connectivity index (χ1v) is 5.98. The molecule has 2 fully saturated rings. The summed E-state index contributed by atoms with van der Waals surface area (Å²) >= 11 is 3.48. The molecule has 1 aromatic rings. The Morgan fingerprint density at radius 1 is 1.33 bits per heavy atom. The van der Waals surface area contributed by atoms with Gasteiger partial charge < -0.3 is 9.64 Å². The third kappa shape index (κ3) is 1.74. The second-order valence-electron chi connectivity index (χ2n) is 4.06. The van der Waals surface area contributed by atoms with Crippen molar-refractivity contribution < 1.29 is 4.74 Å². The van der Waals surface area contributed by atoms with E-state index in [4.69, 9.17) is 4.74 Å². The van der Waals surface area contributed by atoms with Gasteiger partial charge in [0.15, 0.2) is 0 Å². The van der Waals surface area contributed by atoms with E-state index < -0.39 is 0 Å². The first-order valence-electron chi connectivity index (χ1n) is 5.19. The van der Waals surface area contributed by atoms with Gasteiger partial charge in [0.25, 0.3) is 0 Å². The smallest absolute Gasteiger partial charge is 0.146 e. The Bertz CT molecular complexity index is 361. The molecule has 0 saturated carbocycles. The number of hydrogen-bond acceptors (Lipinski definition) is 4. The molecule has 2 atom stereocenters. The van der Waals surface area contributed by atoms with Crippen molar-refractivity contribution in [2.75, 3.05) is 18.0 Å². The minimum Gasteiger partial charge on any atom is -0.371 e. The van der Waals surface area contributed by atoms with Crippen molar-refractivity contribution >= 4 is 21.7 Å². The minimum absolute atomic E-state index is 0.394. The van der Waals surface area contributed by atoms with Crippen LogP contribution in [0.2, 0.25) is 0 Å². The fourth-order valence-electron chi connectivity index (χ4n) is 2.33. The Hall–Kier alpha value is -0.680. The summed E-state index contributed by atoms with van der Waals surface area (Å²) in [4.78, 5) is 10.6. The van der Waals surface area contributed by atoms with Crippen LogP contribution in [-0.4, -0.2) is 35.3 Å². The Morgan fingerprint density at radius 3 is 2.73 bits per heavy atom. The zero-order valence-corrected chi connectivity index (χ0v) is 9.85. The fraction of sp³-hybridized carbons (Fsp3) is 0.600. The molecule has 2 aliphatic rings. The highest BCUT2D eigenvalue weighted by atomic mass is 79.9. The summed E-state index contributed by atoms with van der Waals surface area (Å²) in [7, 11) is 0. The molecule has 3 rings (SSSR count). The summed E-state index contributed by atoms with van der Waals surface area (Å²) in [6, 6.07) is 0. The number of anilines is 1. The molecule has 80 valence electrons. The second-order valence-corrected chi connectivity index (χ2v) is 4.91. The predicted molar refractivity (Wildman–Crippen MR) is 59.8 cm³/mol. The predicted octanol–water partition coefficient (Wildman–Crippen LogP) is 1.61. The third-order valence-corrected chi connectivity index (χ3v) is 3.55. The maximum Gasteiger partial charge on any atom is 0.146 e. The van der Waals surface area contributed by atoms with Crippen LogP contribution < -0.4 is 4.90 Å². The number of morpholine rings is 1. The van der Waals surface area contributed by atoms with E-state index in [9.17, 15) is 0 Å². The Kier molecular flexibility index (Phi) is 2.36. The minimum atomic E-state index is 0.394. The third-order valence-electron chi connectivity index (χ3n) is 2.99. The molecule has 4 nitrogen and oxygen atoms in total. The van der Waals surface area contributed by atoms with E-state index in [1.165, 1.54) is 12.8 Å². The van der Waals surface area contributed by atoms with E-state index in [0.29, 0.717) is 12.2 Å². The van der Waals surface area contributed by atoms with Crippen LogP contribution in [0.4, 0.5) is 5.82 Å². The van der Waals surface area contributed by atoms with Crippen LogP contribution in [0.3, 0.4) is 0 Å². The maximum absolute atomic E-state index is 5.79. The fourth-order valence-corrected chi connectivity index (χ4v) is 2.80.